The SMILES string of the molecule is CC.CC.CC(=O)C(C)(F)F.CCc1cc(Nc2nccn3c(-c4ccc(OC)c(F)c4F)cnc23)ccc1C=O.CNCC1CC[N+](C)(Cc2cccnc2)C1. The largest absolute Gasteiger partial charge is 0.494 e. The van der Waals surface area contributed by atoms with Gasteiger partial charge in [-0.05, 0) is 55.4 Å². The zero-order valence-electron chi connectivity index (χ0n) is 34.8. The fourth-order valence-electron chi connectivity index (χ4n) is 6.17. The molecule has 4 heterocycles. The number of quaternary nitrogens is 1. The molecule has 1 saturated heterocycles. The molecule has 0 spiro atoms. The van der Waals surface area contributed by atoms with Crippen molar-refractivity contribution in [1.29, 1.82) is 0 Å². The summed E-state index contributed by atoms with van der Waals surface area (Å²) < 4.78 is 59.4. The van der Waals surface area contributed by atoms with Crippen LogP contribution in [-0.4, -0.2) is 82.7 Å². The first-order chi connectivity index (χ1) is 27.2. The summed E-state index contributed by atoms with van der Waals surface area (Å²) in [7, 11) is 5.69. The van der Waals surface area contributed by atoms with E-state index >= 15 is 0 Å². The summed E-state index contributed by atoms with van der Waals surface area (Å²) in [6.45, 7) is 16.3. The van der Waals surface area contributed by atoms with E-state index < -0.39 is 23.3 Å². The second-order valence-electron chi connectivity index (χ2n) is 13.3. The van der Waals surface area contributed by atoms with Crippen LogP contribution in [0.25, 0.3) is 16.9 Å². The summed E-state index contributed by atoms with van der Waals surface area (Å²) in [5, 5.41) is 6.47. The van der Waals surface area contributed by atoms with E-state index in [1.165, 1.54) is 50.5 Å². The highest BCUT2D eigenvalue weighted by Crippen LogP contribution is 2.32. The van der Waals surface area contributed by atoms with Gasteiger partial charge in [-0.3, -0.25) is 19.0 Å². The number of likely N-dealkylation sites (tertiary alicyclic amines) is 1. The van der Waals surface area contributed by atoms with Gasteiger partial charge in [0, 0.05) is 79.9 Å². The van der Waals surface area contributed by atoms with Gasteiger partial charge < -0.3 is 19.9 Å². The topological polar surface area (TPSA) is 111 Å². The molecule has 1 fully saturated rings. The van der Waals surface area contributed by atoms with Gasteiger partial charge in [-0.15, -0.1) is 0 Å². The van der Waals surface area contributed by atoms with E-state index in [2.05, 4.69) is 38.7 Å². The Hall–Kier alpha value is -5.21. The number of aldehydes is 1. The number of pyridine rings is 1. The Kier molecular flexibility index (Phi) is 19.4. The molecule has 14 heteroatoms. The Bertz CT molecular complexity index is 2000. The second-order valence-corrected chi connectivity index (χ2v) is 13.3. The lowest BCUT2D eigenvalue weighted by Crippen LogP contribution is -2.41. The molecule has 0 radical (unpaired) electrons. The van der Waals surface area contributed by atoms with Gasteiger partial charge >= 0.3 is 5.92 Å². The van der Waals surface area contributed by atoms with Gasteiger partial charge in [0.1, 0.15) is 12.8 Å². The quantitative estimate of drug-likeness (QED) is 0.0774. The maximum atomic E-state index is 14.6. The van der Waals surface area contributed by atoms with Crippen LogP contribution in [0.2, 0.25) is 0 Å². The highest BCUT2D eigenvalue weighted by atomic mass is 19.3. The summed E-state index contributed by atoms with van der Waals surface area (Å²) in [5.74, 6) is -5.18. The van der Waals surface area contributed by atoms with Crippen LogP contribution in [0, 0.1) is 17.6 Å². The van der Waals surface area contributed by atoms with Gasteiger partial charge in [-0.1, -0.05) is 40.7 Å². The van der Waals surface area contributed by atoms with Crippen LogP contribution in [0.5, 0.6) is 5.75 Å². The number of benzene rings is 2. The maximum Gasteiger partial charge on any atom is 0.302 e. The molecule has 0 amide bonds. The number of ketones is 1. The smallest absolute Gasteiger partial charge is 0.302 e. The van der Waals surface area contributed by atoms with Crippen LogP contribution in [0.15, 0.2) is 73.4 Å². The number of rotatable bonds is 11. The summed E-state index contributed by atoms with van der Waals surface area (Å²) in [6, 6.07) is 12.4. The predicted molar refractivity (Wildman–Crippen MR) is 219 cm³/mol. The van der Waals surface area contributed by atoms with Crippen molar-refractivity contribution >= 4 is 29.2 Å². The van der Waals surface area contributed by atoms with E-state index in [9.17, 15) is 27.2 Å². The molecular weight excluding hydrogens is 739 g/mol. The van der Waals surface area contributed by atoms with Crippen molar-refractivity contribution in [3.8, 4) is 17.0 Å². The number of nitrogens with zero attached hydrogens (tertiary/aromatic N) is 5. The molecule has 2 unspecified atom stereocenters. The Morgan fingerprint density at radius 1 is 1.05 bits per heavy atom. The van der Waals surface area contributed by atoms with Crippen molar-refractivity contribution in [2.24, 2.45) is 5.92 Å². The van der Waals surface area contributed by atoms with E-state index in [0.29, 0.717) is 36.1 Å². The predicted octanol–water partition coefficient (Wildman–Crippen LogP) is 9.35. The highest BCUT2D eigenvalue weighted by molar-refractivity contribution is 5.82. The third-order valence-electron chi connectivity index (χ3n) is 9.06. The second kappa shape index (κ2) is 23.1. The first-order valence-electron chi connectivity index (χ1n) is 19.2. The van der Waals surface area contributed by atoms with E-state index in [1.807, 2.05) is 66.2 Å². The minimum Gasteiger partial charge on any atom is -0.494 e. The monoisotopic (exact) mass is 796 g/mol. The molecule has 310 valence electrons. The normalized spacial score (nSPS) is 15.6. The van der Waals surface area contributed by atoms with Crippen molar-refractivity contribution in [2.45, 2.75) is 73.8 Å². The van der Waals surface area contributed by atoms with Gasteiger partial charge in [0.05, 0.1) is 39.1 Å². The molecular formula is C43H58F4N7O3+. The van der Waals surface area contributed by atoms with Crippen molar-refractivity contribution in [3.63, 3.8) is 0 Å². The average molecular weight is 797 g/mol. The van der Waals surface area contributed by atoms with Crippen molar-refractivity contribution < 1.29 is 36.4 Å². The highest BCUT2D eigenvalue weighted by Gasteiger charge is 2.34. The van der Waals surface area contributed by atoms with E-state index in [0.717, 1.165) is 48.0 Å². The number of ether oxygens (including phenoxy) is 1. The van der Waals surface area contributed by atoms with Crippen LogP contribution in [0.3, 0.4) is 0 Å². The van der Waals surface area contributed by atoms with Crippen LogP contribution in [0.1, 0.15) is 76.4 Å². The number of aryl methyl sites for hydroxylation is 1. The van der Waals surface area contributed by atoms with E-state index in [4.69, 9.17) is 4.74 Å². The van der Waals surface area contributed by atoms with Crippen LogP contribution >= 0.6 is 0 Å². The van der Waals surface area contributed by atoms with Crippen LogP contribution in [-0.2, 0) is 17.8 Å². The van der Waals surface area contributed by atoms with Crippen LogP contribution < -0.4 is 15.4 Å². The third-order valence-corrected chi connectivity index (χ3v) is 9.06. The third kappa shape index (κ3) is 13.5. The van der Waals surface area contributed by atoms with Gasteiger partial charge in [0.15, 0.2) is 28.8 Å². The standard InChI is InChI=1S/C22H18F2N4O2.C13H22N3.C4H6F2O.2C2H6/c1-3-13-10-15(5-4-14(13)12-29)27-21-22-26-11-17(28(22)9-8-25-21)16-6-7-18(30-2)20(24)19(16)23;1-14-8-13-5-7-16(2,11-13)10-12-4-3-6-15-9-12;1-3(7)4(2,5)6;2*1-2/h4-12H,3H2,1-2H3,(H,25,27);3-4,6,9,13-14H,5,7-8,10-11H2,1-2H3;1-2H3;2*1-2H3/q;+1;;;. The number of Topliss-reactive ketones (excluding diaryl/α,β-unsaturated/α-hetero) is 1. The number of carbonyl (C=O) groups is 2. The Labute approximate surface area is 334 Å². The fourth-order valence-corrected chi connectivity index (χ4v) is 6.17. The van der Waals surface area contributed by atoms with Crippen molar-refractivity contribution in [1.82, 2.24) is 24.7 Å². The number of imidazole rings is 1. The molecule has 2 atom stereocenters. The molecule has 5 aromatic rings. The average Bonchev–Trinajstić information content (AvgIpc) is 3.81. The lowest BCUT2D eigenvalue weighted by Gasteiger charge is -2.29. The summed E-state index contributed by atoms with van der Waals surface area (Å²) >= 11 is 0. The lowest BCUT2D eigenvalue weighted by molar-refractivity contribution is -0.912. The van der Waals surface area contributed by atoms with Gasteiger partial charge in [-0.2, -0.15) is 13.2 Å². The van der Waals surface area contributed by atoms with Crippen molar-refractivity contribution in [2.75, 3.05) is 46.2 Å². The zero-order chi connectivity index (χ0) is 42.8. The van der Waals surface area contributed by atoms with Crippen LogP contribution in [0.4, 0.5) is 29.1 Å². The molecule has 0 saturated carbocycles. The molecule has 2 aromatic carbocycles. The minimum absolute atomic E-state index is 0.0570. The molecule has 10 nitrogen and oxygen atoms in total. The molecule has 0 bridgehead atoms. The number of halogens is 4. The molecule has 3 aromatic heterocycles. The molecule has 2 N–H and O–H groups in total. The number of methoxy groups -OCH3 is 1. The summed E-state index contributed by atoms with van der Waals surface area (Å²) in [5.41, 5.74) is 4.51. The molecule has 0 aliphatic carbocycles. The number of carbonyl (C=O) groups excluding carboxylic acids is 2. The molecule has 1 aliphatic heterocycles. The Balaban J connectivity index is 0.000000347. The summed E-state index contributed by atoms with van der Waals surface area (Å²) in [4.78, 5) is 33.7. The van der Waals surface area contributed by atoms with Crippen molar-refractivity contribution in [3.05, 3.63) is 102 Å². The maximum absolute atomic E-state index is 14.6. The Morgan fingerprint density at radius 2 is 1.75 bits per heavy atom. The number of fused-ring (bicyclic) bond motifs is 1. The summed E-state index contributed by atoms with van der Waals surface area (Å²) in [6.07, 6.45) is 11.3. The first kappa shape index (κ1) is 47.9. The molecule has 6 rings (SSSR count). The number of alkyl halides is 2. The molecule has 1 aliphatic rings. The lowest BCUT2D eigenvalue weighted by atomic mass is 10.1. The number of hydrogen-bond acceptors (Lipinski definition) is 8. The van der Waals surface area contributed by atoms with E-state index in [1.54, 1.807) is 28.9 Å². The van der Waals surface area contributed by atoms with Gasteiger partial charge in [0.25, 0.3) is 0 Å². The number of nitrogens with one attached hydrogen (secondary N) is 2. The minimum atomic E-state index is -3.14. The number of hydrogen-bond donors (Lipinski definition) is 2. The number of aromatic nitrogens is 4. The fraction of sp³-hybridized carbons (Fsp3) is 0.419. The zero-order valence-corrected chi connectivity index (χ0v) is 34.8. The Morgan fingerprint density at radius 3 is 2.33 bits per heavy atom. The first-order valence-corrected chi connectivity index (χ1v) is 19.2. The van der Waals surface area contributed by atoms with Gasteiger partial charge in [-0.25, -0.2) is 14.4 Å². The number of anilines is 2. The molecule has 57 heavy (non-hydrogen) atoms. The van der Waals surface area contributed by atoms with E-state index in [-0.39, 0.29) is 11.3 Å². The van der Waals surface area contributed by atoms with Gasteiger partial charge in [0.2, 0.25) is 5.82 Å².